The number of rotatable bonds is 7. The van der Waals surface area contributed by atoms with Crippen molar-refractivity contribution in [2.45, 2.75) is 26.4 Å². The summed E-state index contributed by atoms with van der Waals surface area (Å²) in [4.78, 5) is 39.6. The van der Waals surface area contributed by atoms with Gasteiger partial charge in [0.05, 0.1) is 6.61 Å². The van der Waals surface area contributed by atoms with Gasteiger partial charge in [0.15, 0.2) is 0 Å². The SMILES string of the molecule is CCOc1ccc(OCc2ccc(C(=O)ON3C(=O)CCC3=O)o2)cc1. The van der Waals surface area contributed by atoms with Crippen LogP contribution in [0.25, 0.3) is 0 Å². The van der Waals surface area contributed by atoms with Gasteiger partial charge in [-0.15, -0.1) is 5.06 Å². The van der Waals surface area contributed by atoms with Gasteiger partial charge in [0.1, 0.15) is 23.9 Å². The van der Waals surface area contributed by atoms with E-state index in [1.807, 2.05) is 6.92 Å². The number of benzene rings is 1. The number of nitrogens with zero attached hydrogens (tertiary/aromatic N) is 1. The van der Waals surface area contributed by atoms with Crippen LogP contribution in [0.1, 0.15) is 36.1 Å². The van der Waals surface area contributed by atoms with E-state index in [0.717, 1.165) is 5.75 Å². The van der Waals surface area contributed by atoms with E-state index >= 15 is 0 Å². The highest BCUT2D eigenvalue weighted by Gasteiger charge is 2.33. The number of hydrogen-bond donors (Lipinski definition) is 0. The smallest absolute Gasteiger partial charge is 0.398 e. The fraction of sp³-hybridized carbons (Fsp3) is 0.278. The molecule has 0 radical (unpaired) electrons. The minimum Gasteiger partial charge on any atom is -0.494 e. The van der Waals surface area contributed by atoms with Gasteiger partial charge in [0, 0.05) is 12.8 Å². The molecule has 1 aliphatic rings. The Morgan fingerprint density at radius 3 is 2.23 bits per heavy atom. The molecule has 1 fully saturated rings. The Hall–Kier alpha value is -3.29. The average molecular weight is 359 g/mol. The number of furan rings is 1. The van der Waals surface area contributed by atoms with Crippen LogP contribution >= 0.6 is 0 Å². The molecule has 2 amide bonds. The van der Waals surface area contributed by atoms with Gasteiger partial charge in [0.2, 0.25) is 5.76 Å². The first-order chi connectivity index (χ1) is 12.6. The maximum atomic E-state index is 12.0. The molecular weight excluding hydrogens is 342 g/mol. The third-order valence-corrected chi connectivity index (χ3v) is 3.56. The van der Waals surface area contributed by atoms with E-state index in [2.05, 4.69) is 0 Å². The Morgan fingerprint density at radius 1 is 1.00 bits per heavy atom. The fourth-order valence-electron chi connectivity index (χ4n) is 2.30. The first kappa shape index (κ1) is 17.5. The standard InChI is InChI=1S/C18H17NO7/c1-2-23-12-3-5-13(6-4-12)24-11-14-7-8-15(25-14)18(22)26-19-16(20)9-10-17(19)21/h3-8H,2,9-11H2,1H3. The molecule has 8 nitrogen and oxygen atoms in total. The molecule has 0 spiro atoms. The highest BCUT2D eigenvalue weighted by Crippen LogP contribution is 2.20. The van der Waals surface area contributed by atoms with E-state index < -0.39 is 17.8 Å². The number of hydroxylamine groups is 2. The number of hydrogen-bond acceptors (Lipinski definition) is 7. The number of amides is 2. The summed E-state index contributed by atoms with van der Waals surface area (Å²) in [6.45, 7) is 2.59. The highest BCUT2D eigenvalue weighted by atomic mass is 16.7. The maximum absolute atomic E-state index is 12.0. The summed E-state index contributed by atoms with van der Waals surface area (Å²) in [5.41, 5.74) is 0. The van der Waals surface area contributed by atoms with E-state index in [1.165, 1.54) is 6.07 Å². The lowest BCUT2D eigenvalue weighted by atomic mass is 10.3. The molecule has 136 valence electrons. The summed E-state index contributed by atoms with van der Waals surface area (Å²) < 4.78 is 16.2. The zero-order chi connectivity index (χ0) is 18.5. The maximum Gasteiger partial charge on any atom is 0.398 e. The third-order valence-electron chi connectivity index (χ3n) is 3.56. The Balaban J connectivity index is 1.55. The van der Waals surface area contributed by atoms with Crippen molar-refractivity contribution in [2.24, 2.45) is 0 Å². The number of carbonyl (C=O) groups is 3. The molecule has 2 aromatic rings. The molecule has 8 heteroatoms. The Labute approximate surface area is 149 Å². The van der Waals surface area contributed by atoms with Crippen LogP contribution in [0.3, 0.4) is 0 Å². The second-order valence-electron chi connectivity index (χ2n) is 5.42. The first-order valence-electron chi connectivity index (χ1n) is 8.09. The van der Waals surface area contributed by atoms with Gasteiger partial charge in [-0.25, -0.2) is 4.79 Å². The predicted octanol–water partition coefficient (Wildman–Crippen LogP) is 2.48. The molecule has 3 rings (SSSR count). The first-order valence-corrected chi connectivity index (χ1v) is 8.09. The second kappa shape index (κ2) is 7.73. The third kappa shape index (κ3) is 4.02. The lowest BCUT2D eigenvalue weighted by Gasteiger charge is -2.11. The van der Waals surface area contributed by atoms with E-state index in [-0.39, 0.29) is 25.2 Å². The van der Waals surface area contributed by atoms with E-state index in [0.29, 0.717) is 23.2 Å². The van der Waals surface area contributed by atoms with Crippen molar-refractivity contribution in [3.8, 4) is 11.5 Å². The monoisotopic (exact) mass is 359 g/mol. The normalized spacial score (nSPS) is 13.8. The van der Waals surface area contributed by atoms with Gasteiger partial charge in [0.25, 0.3) is 11.8 Å². The summed E-state index contributed by atoms with van der Waals surface area (Å²) in [7, 11) is 0. The lowest BCUT2D eigenvalue weighted by molar-refractivity contribution is -0.173. The van der Waals surface area contributed by atoms with E-state index in [9.17, 15) is 14.4 Å². The molecule has 0 N–H and O–H groups in total. The molecule has 26 heavy (non-hydrogen) atoms. The van der Waals surface area contributed by atoms with Crippen molar-refractivity contribution in [3.05, 3.63) is 47.9 Å². The summed E-state index contributed by atoms with van der Waals surface area (Å²) in [6, 6.07) is 10.0. The van der Waals surface area contributed by atoms with E-state index in [1.54, 1.807) is 30.3 Å². The minimum atomic E-state index is -0.916. The lowest BCUT2D eigenvalue weighted by Crippen LogP contribution is -2.31. The predicted molar refractivity (Wildman–Crippen MR) is 87.2 cm³/mol. The topological polar surface area (TPSA) is 95.3 Å². The van der Waals surface area contributed by atoms with Gasteiger partial charge in [-0.1, -0.05) is 0 Å². The van der Waals surface area contributed by atoms with Crippen molar-refractivity contribution in [3.63, 3.8) is 0 Å². The zero-order valence-electron chi connectivity index (χ0n) is 14.1. The Kier molecular flexibility index (Phi) is 5.21. The van der Waals surface area contributed by atoms with Gasteiger partial charge in [-0.3, -0.25) is 9.59 Å². The molecule has 0 atom stereocenters. The summed E-state index contributed by atoms with van der Waals surface area (Å²) in [6.07, 6.45) is 0.0664. The van der Waals surface area contributed by atoms with Gasteiger partial charge >= 0.3 is 5.97 Å². The van der Waals surface area contributed by atoms with Crippen LogP contribution in [0.4, 0.5) is 0 Å². The summed E-state index contributed by atoms with van der Waals surface area (Å²) >= 11 is 0. The quantitative estimate of drug-likeness (QED) is 0.701. The molecule has 1 aromatic heterocycles. The molecule has 1 aromatic carbocycles. The van der Waals surface area contributed by atoms with Crippen molar-refractivity contribution in [1.29, 1.82) is 0 Å². The van der Waals surface area contributed by atoms with E-state index in [4.69, 9.17) is 18.7 Å². The molecule has 2 heterocycles. The van der Waals surface area contributed by atoms with Crippen LogP contribution in [0.15, 0.2) is 40.8 Å². The largest absolute Gasteiger partial charge is 0.494 e. The zero-order valence-corrected chi connectivity index (χ0v) is 14.1. The number of carbonyl (C=O) groups excluding carboxylic acids is 3. The van der Waals surface area contributed by atoms with Gasteiger partial charge in [-0.2, -0.15) is 0 Å². The summed E-state index contributed by atoms with van der Waals surface area (Å²) in [5.74, 6) is -0.382. The van der Waals surface area contributed by atoms with Crippen molar-refractivity contribution >= 4 is 17.8 Å². The minimum absolute atomic E-state index is 0.0332. The van der Waals surface area contributed by atoms with Crippen LogP contribution in [0.5, 0.6) is 11.5 Å². The van der Waals surface area contributed by atoms with Crippen LogP contribution in [0, 0.1) is 0 Å². The van der Waals surface area contributed by atoms with Gasteiger partial charge < -0.3 is 18.7 Å². The molecule has 0 bridgehead atoms. The van der Waals surface area contributed by atoms with Crippen LogP contribution in [-0.2, 0) is 21.0 Å². The molecule has 1 saturated heterocycles. The van der Waals surface area contributed by atoms with Crippen LogP contribution in [0.2, 0.25) is 0 Å². The number of ether oxygens (including phenoxy) is 2. The Bertz CT molecular complexity index is 793. The number of imide groups is 1. The van der Waals surface area contributed by atoms with Crippen molar-refractivity contribution in [2.75, 3.05) is 6.61 Å². The van der Waals surface area contributed by atoms with Gasteiger partial charge in [-0.05, 0) is 43.3 Å². The van der Waals surface area contributed by atoms with Crippen molar-refractivity contribution < 1.29 is 33.1 Å². The average Bonchev–Trinajstić information content (AvgIpc) is 3.23. The van der Waals surface area contributed by atoms with Crippen molar-refractivity contribution in [1.82, 2.24) is 5.06 Å². The molecule has 1 aliphatic heterocycles. The highest BCUT2D eigenvalue weighted by molar-refractivity contribution is 6.02. The second-order valence-corrected chi connectivity index (χ2v) is 5.42. The molecule has 0 aliphatic carbocycles. The summed E-state index contributed by atoms with van der Waals surface area (Å²) in [5, 5.41) is 0.473. The molecule has 0 saturated carbocycles. The fourth-order valence-corrected chi connectivity index (χ4v) is 2.30. The van der Waals surface area contributed by atoms with Crippen LogP contribution < -0.4 is 9.47 Å². The van der Waals surface area contributed by atoms with Crippen LogP contribution in [-0.4, -0.2) is 29.5 Å². The molecule has 0 unspecified atom stereocenters. The Morgan fingerprint density at radius 2 is 1.62 bits per heavy atom. The molecular formula is C18H17NO7.